The standard InChI is InChI=1S/C12H14ClNO/c1-12(2,3)14-7-8-6-9(13)4-5-10(8)11(14)15/h4-6H,7H2,1-3H3. The summed E-state index contributed by atoms with van der Waals surface area (Å²) in [6.07, 6.45) is 0. The molecule has 0 unspecified atom stereocenters. The topological polar surface area (TPSA) is 20.3 Å². The second-order valence-electron chi connectivity index (χ2n) is 4.86. The summed E-state index contributed by atoms with van der Waals surface area (Å²) in [5.41, 5.74) is 1.68. The van der Waals surface area contributed by atoms with Gasteiger partial charge in [0, 0.05) is 22.7 Å². The number of hydrogen-bond donors (Lipinski definition) is 0. The van der Waals surface area contributed by atoms with E-state index >= 15 is 0 Å². The molecule has 1 heterocycles. The van der Waals surface area contributed by atoms with Gasteiger partial charge in [-0.3, -0.25) is 4.79 Å². The van der Waals surface area contributed by atoms with Crippen molar-refractivity contribution in [2.75, 3.05) is 0 Å². The minimum atomic E-state index is -0.136. The van der Waals surface area contributed by atoms with Crippen molar-refractivity contribution in [3.63, 3.8) is 0 Å². The maximum absolute atomic E-state index is 12.0. The van der Waals surface area contributed by atoms with Crippen molar-refractivity contribution in [1.82, 2.24) is 4.90 Å². The van der Waals surface area contributed by atoms with Gasteiger partial charge in [0.05, 0.1) is 0 Å². The van der Waals surface area contributed by atoms with Gasteiger partial charge >= 0.3 is 0 Å². The Morgan fingerprint density at radius 1 is 1.33 bits per heavy atom. The van der Waals surface area contributed by atoms with Gasteiger partial charge in [0.25, 0.3) is 5.91 Å². The number of amides is 1. The number of fused-ring (bicyclic) bond motifs is 1. The number of halogens is 1. The number of hydrogen-bond acceptors (Lipinski definition) is 1. The highest BCUT2D eigenvalue weighted by Gasteiger charge is 2.34. The van der Waals surface area contributed by atoms with Crippen LogP contribution in [0.2, 0.25) is 5.02 Å². The molecule has 0 aliphatic carbocycles. The van der Waals surface area contributed by atoms with Crippen LogP contribution in [0.1, 0.15) is 36.7 Å². The number of carbonyl (C=O) groups is 1. The van der Waals surface area contributed by atoms with Gasteiger partial charge in [-0.15, -0.1) is 0 Å². The Morgan fingerprint density at radius 3 is 2.60 bits per heavy atom. The van der Waals surface area contributed by atoms with E-state index in [1.807, 2.05) is 37.8 Å². The van der Waals surface area contributed by atoms with Crippen molar-refractivity contribution in [2.45, 2.75) is 32.9 Å². The van der Waals surface area contributed by atoms with Crippen molar-refractivity contribution in [2.24, 2.45) is 0 Å². The Kier molecular flexibility index (Phi) is 2.27. The third-order valence-electron chi connectivity index (χ3n) is 2.68. The van der Waals surface area contributed by atoms with E-state index in [0.29, 0.717) is 11.6 Å². The first kappa shape index (κ1) is 10.5. The molecule has 2 rings (SSSR count). The highest BCUT2D eigenvalue weighted by atomic mass is 35.5. The van der Waals surface area contributed by atoms with Crippen molar-refractivity contribution in [3.05, 3.63) is 34.3 Å². The Hall–Kier alpha value is -1.02. The van der Waals surface area contributed by atoms with Crippen molar-refractivity contribution in [3.8, 4) is 0 Å². The molecule has 1 aromatic carbocycles. The first-order valence-corrected chi connectivity index (χ1v) is 5.38. The Bertz CT molecular complexity index is 420. The molecule has 0 N–H and O–H groups in total. The number of carbonyl (C=O) groups excluding carboxylic acids is 1. The zero-order chi connectivity index (χ0) is 11.2. The molecule has 2 nitrogen and oxygen atoms in total. The van der Waals surface area contributed by atoms with Crippen LogP contribution in [0.25, 0.3) is 0 Å². The summed E-state index contributed by atoms with van der Waals surface area (Å²) in [7, 11) is 0. The monoisotopic (exact) mass is 223 g/mol. The van der Waals surface area contributed by atoms with Gasteiger partial charge < -0.3 is 4.90 Å². The second-order valence-corrected chi connectivity index (χ2v) is 5.30. The molecule has 0 atom stereocenters. The first-order chi connectivity index (χ1) is 6.89. The highest BCUT2D eigenvalue weighted by molar-refractivity contribution is 6.30. The summed E-state index contributed by atoms with van der Waals surface area (Å²) < 4.78 is 0. The predicted octanol–water partition coefficient (Wildman–Crippen LogP) is 3.09. The average molecular weight is 224 g/mol. The molecular weight excluding hydrogens is 210 g/mol. The van der Waals surface area contributed by atoms with Crippen LogP contribution in [-0.4, -0.2) is 16.3 Å². The van der Waals surface area contributed by atoms with Crippen LogP contribution in [0.3, 0.4) is 0 Å². The Balaban J connectivity index is 2.42. The van der Waals surface area contributed by atoms with E-state index < -0.39 is 0 Å². The number of rotatable bonds is 0. The summed E-state index contributed by atoms with van der Waals surface area (Å²) >= 11 is 5.90. The smallest absolute Gasteiger partial charge is 0.254 e. The van der Waals surface area contributed by atoms with Gasteiger partial charge in [0.15, 0.2) is 0 Å². The van der Waals surface area contributed by atoms with Crippen molar-refractivity contribution in [1.29, 1.82) is 0 Å². The lowest BCUT2D eigenvalue weighted by Crippen LogP contribution is -2.41. The summed E-state index contributed by atoms with van der Waals surface area (Å²) in [6.45, 7) is 6.79. The lowest BCUT2D eigenvalue weighted by Gasteiger charge is -2.31. The van der Waals surface area contributed by atoms with Crippen LogP contribution < -0.4 is 0 Å². The molecule has 0 fully saturated rings. The van der Waals surface area contributed by atoms with E-state index in [-0.39, 0.29) is 11.4 Å². The third-order valence-corrected chi connectivity index (χ3v) is 2.92. The zero-order valence-corrected chi connectivity index (χ0v) is 9.93. The van der Waals surface area contributed by atoms with Crippen molar-refractivity contribution >= 4 is 17.5 Å². The van der Waals surface area contributed by atoms with Gasteiger partial charge in [0.1, 0.15) is 0 Å². The Labute approximate surface area is 94.8 Å². The molecule has 0 bridgehead atoms. The minimum absolute atomic E-state index is 0.106. The number of nitrogens with zero attached hydrogens (tertiary/aromatic N) is 1. The minimum Gasteiger partial charge on any atom is -0.329 e. The van der Waals surface area contributed by atoms with Crippen LogP contribution >= 0.6 is 11.6 Å². The molecule has 0 aromatic heterocycles. The molecule has 3 heteroatoms. The van der Waals surface area contributed by atoms with Gasteiger partial charge in [-0.2, -0.15) is 0 Å². The molecule has 1 aliphatic rings. The van der Waals surface area contributed by atoms with Gasteiger partial charge in [0.2, 0.25) is 0 Å². The molecule has 1 amide bonds. The van der Waals surface area contributed by atoms with E-state index in [9.17, 15) is 4.79 Å². The quantitative estimate of drug-likeness (QED) is 0.662. The van der Waals surface area contributed by atoms with Crippen molar-refractivity contribution < 1.29 is 4.79 Å². The fraction of sp³-hybridized carbons (Fsp3) is 0.417. The van der Waals surface area contributed by atoms with Crippen LogP contribution in [-0.2, 0) is 6.54 Å². The maximum atomic E-state index is 12.0. The highest BCUT2D eigenvalue weighted by Crippen LogP contribution is 2.30. The van der Waals surface area contributed by atoms with E-state index in [1.54, 1.807) is 6.07 Å². The molecule has 0 spiro atoms. The molecule has 0 saturated heterocycles. The van der Waals surface area contributed by atoms with Gasteiger partial charge in [-0.25, -0.2) is 0 Å². The average Bonchev–Trinajstić information content (AvgIpc) is 2.42. The molecule has 15 heavy (non-hydrogen) atoms. The largest absolute Gasteiger partial charge is 0.329 e. The van der Waals surface area contributed by atoms with Gasteiger partial charge in [-0.1, -0.05) is 11.6 Å². The number of benzene rings is 1. The third kappa shape index (κ3) is 1.74. The summed E-state index contributed by atoms with van der Waals surface area (Å²) in [6, 6.07) is 5.46. The normalized spacial score (nSPS) is 15.7. The summed E-state index contributed by atoms with van der Waals surface area (Å²) in [5.74, 6) is 0.106. The Morgan fingerprint density at radius 2 is 2.00 bits per heavy atom. The van der Waals surface area contributed by atoms with E-state index in [1.165, 1.54) is 0 Å². The molecule has 0 radical (unpaired) electrons. The summed E-state index contributed by atoms with van der Waals surface area (Å²) in [4.78, 5) is 13.9. The van der Waals surface area contributed by atoms with E-state index in [2.05, 4.69) is 0 Å². The molecular formula is C12H14ClNO. The first-order valence-electron chi connectivity index (χ1n) is 5.00. The molecule has 1 aromatic rings. The fourth-order valence-corrected chi connectivity index (χ4v) is 2.03. The van der Waals surface area contributed by atoms with Gasteiger partial charge in [-0.05, 0) is 44.5 Å². The van der Waals surface area contributed by atoms with E-state index in [4.69, 9.17) is 11.6 Å². The SMILES string of the molecule is CC(C)(C)N1Cc2cc(Cl)ccc2C1=O. The lowest BCUT2D eigenvalue weighted by molar-refractivity contribution is 0.0609. The van der Waals surface area contributed by atoms with E-state index in [0.717, 1.165) is 11.1 Å². The van der Waals surface area contributed by atoms with Crippen LogP contribution in [0.4, 0.5) is 0 Å². The van der Waals surface area contributed by atoms with Crippen LogP contribution in [0, 0.1) is 0 Å². The fourth-order valence-electron chi connectivity index (χ4n) is 1.83. The predicted molar refractivity (Wildman–Crippen MR) is 61.1 cm³/mol. The maximum Gasteiger partial charge on any atom is 0.254 e. The molecule has 80 valence electrons. The lowest BCUT2D eigenvalue weighted by atomic mass is 10.1. The zero-order valence-electron chi connectivity index (χ0n) is 9.17. The van der Waals surface area contributed by atoms with Crippen LogP contribution in [0.5, 0.6) is 0 Å². The molecule has 0 saturated carbocycles. The second kappa shape index (κ2) is 3.24. The molecule has 1 aliphatic heterocycles. The summed E-state index contributed by atoms with van der Waals surface area (Å²) in [5, 5.41) is 0.692. The van der Waals surface area contributed by atoms with Crippen LogP contribution in [0.15, 0.2) is 18.2 Å².